The average molecular weight is 316 g/mol. The van der Waals surface area contributed by atoms with E-state index < -0.39 is 0 Å². The average Bonchev–Trinajstić information content (AvgIpc) is 3.21. The van der Waals surface area contributed by atoms with Crippen molar-refractivity contribution in [2.45, 2.75) is 31.5 Å². The number of rotatable bonds is 8. The molecule has 5 heteroatoms. The molecule has 5 nitrogen and oxygen atoms in total. The van der Waals surface area contributed by atoms with E-state index in [1.165, 1.54) is 11.1 Å². The van der Waals surface area contributed by atoms with Crippen LogP contribution in [0, 0.1) is 0 Å². The Morgan fingerprint density at radius 1 is 1.30 bits per heavy atom. The van der Waals surface area contributed by atoms with E-state index in [1.54, 1.807) is 13.4 Å². The molecule has 0 amide bonds. The standard InChI is InChI=1S/C18H24N2O3/c1-21-9-10-23-18-4-7-20(13-16-5-8-22-14-16)17(18)11-15-3-2-6-19-12-15/h2-3,5-6,8,12,14,17-18H,4,7,9-11,13H2,1H3/t17-,18-/m1/s1. The number of likely N-dealkylation sites (tertiary alicyclic amines) is 1. The van der Waals surface area contributed by atoms with Crippen LogP contribution in [-0.4, -0.2) is 48.9 Å². The Kier molecular flexibility index (Phi) is 5.80. The van der Waals surface area contributed by atoms with Gasteiger partial charge < -0.3 is 13.9 Å². The largest absolute Gasteiger partial charge is 0.472 e. The minimum atomic E-state index is 0.234. The zero-order valence-electron chi connectivity index (χ0n) is 13.6. The Hall–Kier alpha value is -1.69. The number of nitrogens with zero attached hydrogens (tertiary/aromatic N) is 2. The molecule has 2 atom stereocenters. The summed E-state index contributed by atoms with van der Waals surface area (Å²) in [7, 11) is 1.70. The van der Waals surface area contributed by atoms with Crippen molar-refractivity contribution >= 4 is 0 Å². The maximum Gasteiger partial charge on any atom is 0.0947 e. The van der Waals surface area contributed by atoms with Crippen molar-refractivity contribution in [2.75, 3.05) is 26.9 Å². The highest BCUT2D eigenvalue weighted by atomic mass is 16.5. The van der Waals surface area contributed by atoms with Gasteiger partial charge in [-0.2, -0.15) is 0 Å². The van der Waals surface area contributed by atoms with Crippen molar-refractivity contribution in [3.8, 4) is 0 Å². The summed E-state index contributed by atoms with van der Waals surface area (Å²) in [5, 5.41) is 0. The molecular formula is C18H24N2O3. The van der Waals surface area contributed by atoms with Crippen molar-refractivity contribution < 1.29 is 13.9 Å². The summed E-state index contributed by atoms with van der Waals surface area (Å²) in [5.74, 6) is 0. The minimum Gasteiger partial charge on any atom is -0.472 e. The van der Waals surface area contributed by atoms with Crippen LogP contribution in [0.25, 0.3) is 0 Å². The summed E-state index contributed by atoms with van der Waals surface area (Å²) < 4.78 is 16.4. The van der Waals surface area contributed by atoms with E-state index in [-0.39, 0.29) is 6.10 Å². The van der Waals surface area contributed by atoms with Crippen LogP contribution in [-0.2, 0) is 22.4 Å². The molecule has 0 unspecified atom stereocenters. The monoisotopic (exact) mass is 316 g/mol. The van der Waals surface area contributed by atoms with Crippen molar-refractivity contribution in [2.24, 2.45) is 0 Å². The third kappa shape index (κ3) is 4.41. The fraction of sp³-hybridized carbons (Fsp3) is 0.500. The predicted octanol–water partition coefficient (Wildman–Crippen LogP) is 2.52. The molecule has 3 heterocycles. The van der Waals surface area contributed by atoms with Gasteiger partial charge in [-0.25, -0.2) is 0 Å². The number of hydrogen-bond donors (Lipinski definition) is 0. The van der Waals surface area contributed by atoms with Crippen molar-refractivity contribution in [3.05, 3.63) is 54.2 Å². The summed E-state index contributed by atoms with van der Waals surface area (Å²) in [6.45, 7) is 3.21. The summed E-state index contributed by atoms with van der Waals surface area (Å²) in [4.78, 5) is 6.72. The second-order valence-electron chi connectivity index (χ2n) is 5.93. The lowest BCUT2D eigenvalue weighted by atomic mass is 10.0. The van der Waals surface area contributed by atoms with E-state index in [1.807, 2.05) is 30.8 Å². The van der Waals surface area contributed by atoms with Crippen molar-refractivity contribution in [1.29, 1.82) is 0 Å². The van der Waals surface area contributed by atoms with E-state index in [0.29, 0.717) is 19.3 Å². The normalized spacial score (nSPS) is 21.8. The van der Waals surface area contributed by atoms with E-state index in [0.717, 1.165) is 25.9 Å². The highest BCUT2D eigenvalue weighted by Gasteiger charge is 2.34. The molecule has 0 aliphatic carbocycles. The van der Waals surface area contributed by atoms with Gasteiger partial charge in [-0.05, 0) is 30.5 Å². The molecule has 1 saturated heterocycles. The molecule has 0 radical (unpaired) electrons. The second kappa shape index (κ2) is 8.24. The molecule has 0 saturated carbocycles. The van der Waals surface area contributed by atoms with Gasteiger partial charge in [0.2, 0.25) is 0 Å². The van der Waals surface area contributed by atoms with Gasteiger partial charge in [0.25, 0.3) is 0 Å². The maximum absolute atomic E-state index is 6.07. The third-order valence-corrected chi connectivity index (χ3v) is 4.35. The summed E-state index contributed by atoms with van der Waals surface area (Å²) in [6, 6.07) is 6.50. The van der Waals surface area contributed by atoms with Gasteiger partial charge in [0.15, 0.2) is 0 Å². The first kappa shape index (κ1) is 16.2. The van der Waals surface area contributed by atoms with Gasteiger partial charge in [-0.15, -0.1) is 0 Å². The Morgan fingerprint density at radius 3 is 3.00 bits per heavy atom. The maximum atomic E-state index is 6.07. The number of furan rings is 1. The Morgan fingerprint density at radius 2 is 2.26 bits per heavy atom. The lowest BCUT2D eigenvalue weighted by Crippen LogP contribution is -2.38. The topological polar surface area (TPSA) is 47.7 Å². The lowest BCUT2D eigenvalue weighted by Gasteiger charge is -2.28. The van der Waals surface area contributed by atoms with Crippen LogP contribution in [0.4, 0.5) is 0 Å². The van der Waals surface area contributed by atoms with E-state index >= 15 is 0 Å². The zero-order valence-corrected chi connectivity index (χ0v) is 13.6. The highest BCUT2D eigenvalue weighted by molar-refractivity contribution is 5.13. The molecule has 124 valence electrons. The molecule has 0 N–H and O–H groups in total. The Labute approximate surface area is 137 Å². The van der Waals surface area contributed by atoms with E-state index in [9.17, 15) is 0 Å². The molecule has 1 aliphatic rings. The molecule has 2 aromatic heterocycles. The first-order chi connectivity index (χ1) is 11.4. The molecule has 0 bridgehead atoms. The fourth-order valence-corrected chi connectivity index (χ4v) is 3.20. The SMILES string of the molecule is COCCO[C@@H]1CCN(Cc2ccoc2)[C@@H]1Cc1cccnc1. The number of methoxy groups -OCH3 is 1. The van der Waals surface area contributed by atoms with Crippen LogP contribution in [0.2, 0.25) is 0 Å². The zero-order chi connectivity index (χ0) is 15.9. The highest BCUT2D eigenvalue weighted by Crippen LogP contribution is 2.26. The van der Waals surface area contributed by atoms with Crippen LogP contribution in [0.15, 0.2) is 47.5 Å². The molecule has 0 aromatic carbocycles. The number of pyridine rings is 1. The molecule has 23 heavy (non-hydrogen) atoms. The minimum absolute atomic E-state index is 0.234. The fourth-order valence-electron chi connectivity index (χ4n) is 3.20. The number of ether oxygens (including phenoxy) is 2. The summed E-state index contributed by atoms with van der Waals surface area (Å²) >= 11 is 0. The van der Waals surface area contributed by atoms with Crippen LogP contribution < -0.4 is 0 Å². The predicted molar refractivity (Wildman–Crippen MR) is 87.1 cm³/mol. The van der Waals surface area contributed by atoms with Gasteiger partial charge in [0.05, 0.1) is 31.8 Å². The second-order valence-corrected chi connectivity index (χ2v) is 5.93. The van der Waals surface area contributed by atoms with Crippen LogP contribution in [0.3, 0.4) is 0 Å². The van der Waals surface area contributed by atoms with E-state index in [2.05, 4.69) is 16.0 Å². The summed E-state index contributed by atoms with van der Waals surface area (Å²) in [6.07, 6.45) is 9.54. The molecule has 3 rings (SSSR count). The number of hydrogen-bond acceptors (Lipinski definition) is 5. The smallest absolute Gasteiger partial charge is 0.0947 e. The molecule has 1 aliphatic heterocycles. The van der Waals surface area contributed by atoms with Crippen LogP contribution in [0.1, 0.15) is 17.5 Å². The van der Waals surface area contributed by atoms with Gasteiger partial charge in [-0.1, -0.05) is 6.07 Å². The molecule has 2 aromatic rings. The van der Waals surface area contributed by atoms with Gasteiger partial charge >= 0.3 is 0 Å². The lowest BCUT2D eigenvalue weighted by molar-refractivity contribution is -0.00133. The molecule has 1 fully saturated rings. The van der Waals surface area contributed by atoms with Crippen LogP contribution >= 0.6 is 0 Å². The van der Waals surface area contributed by atoms with Crippen LogP contribution in [0.5, 0.6) is 0 Å². The first-order valence-corrected chi connectivity index (χ1v) is 8.11. The summed E-state index contributed by atoms with van der Waals surface area (Å²) in [5.41, 5.74) is 2.45. The quantitative estimate of drug-likeness (QED) is 0.700. The van der Waals surface area contributed by atoms with E-state index in [4.69, 9.17) is 13.9 Å². The Balaban J connectivity index is 1.67. The molecular weight excluding hydrogens is 292 g/mol. The van der Waals surface area contributed by atoms with Crippen molar-refractivity contribution in [1.82, 2.24) is 9.88 Å². The van der Waals surface area contributed by atoms with Gasteiger partial charge in [0.1, 0.15) is 0 Å². The van der Waals surface area contributed by atoms with Gasteiger partial charge in [-0.3, -0.25) is 9.88 Å². The Bertz CT molecular complexity index is 559. The number of aromatic nitrogens is 1. The molecule has 0 spiro atoms. The van der Waals surface area contributed by atoms with Crippen molar-refractivity contribution in [3.63, 3.8) is 0 Å². The third-order valence-electron chi connectivity index (χ3n) is 4.35. The van der Waals surface area contributed by atoms with Gasteiger partial charge in [0, 0.05) is 44.2 Å². The first-order valence-electron chi connectivity index (χ1n) is 8.11.